The fourth-order valence-electron chi connectivity index (χ4n) is 1.27. The maximum atomic E-state index is 11.3. The van der Waals surface area contributed by atoms with Crippen LogP contribution >= 0.6 is 0 Å². The first kappa shape index (κ1) is 14.9. The zero-order valence-electron chi connectivity index (χ0n) is 10.4. The van der Waals surface area contributed by atoms with E-state index < -0.39 is 24.8 Å². The van der Waals surface area contributed by atoms with Gasteiger partial charge in [0.25, 0.3) is 0 Å². The first-order valence-electron chi connectivity index (χ1n) is 5.49. The van der Waals surface area contributed by atoms with Crippen LogP contribution in [0.5, 0.6) is 0 Å². The normalized spacial score (nSPS) is 11.9. The minimum atomic E-state index is -1.33. The molecule has 0 aromatic heterocycles. The van der Waals surface area contributed by atoms with Gasteiger partial charge in [0, 0.05) is 7.05 Å². The summed E-state index contributed by atoms with van der Waals surface area (Å²) in [7, 11) is 1.22. The lowest BCUT2D eigenvalue weighted by Crippen LogP contribution is -2.42. The van der Waals surface area contributed by atoms with Crippen molar-refractivity contribution in [2.75, 3.05) is 13.7 Å². The summed E-state index contributed by atoms with van der Waals surface area (Å²) in [6, 6.07) is 7.62. The highest BCUT2D eigenvalue weighted by atomic mass is 16.8. The molecule has 0 saturated heterocycles. The molecule has 0 amide bonds. The topological polar surface area (TPSA) is 96.3 Å². The second-order valence-electron chi connectivity index (χ2n) is 3.70. The van der Waals surface area contributed by atoms with Crippen LogP contribution in [0, 0.1) is 0 Å². The second kappa shape index (κ2) is 7.34. The number of likely N-dealkylation sites (N-methyl/N-ethyl adjacent to an activating group) is 1. The Morgan fingerprint density at radius 1 is 1.32 bits per heavy atom. The highest BCUT2D eigenvalue weighted by Gasteiger charge is 2.25. The van der Waals surface area contributed by atoms with E-state index in [1.165, 1.54) is 7.05 Å². The molecule has 0 heterocycles. The van der Waals surface area contributed by atoms with Gasteiger partial charge in [-0.05, 0) is 5.56 Å². The first-order valence-corrected chi connectivity index (χ1v) is 5.49. The molecule has 0 unspecified atom stereocenters. The summed E-state index contributed by atoms with van der Waals surface area (Å²) >= 11 is 0. The number of benzene rings is 1. The van der Waals surface area contributed by atoms with Gasteiger partial charge in [0.1, 0.15) is 6.61 Å². The largest absolute Gasteiger partial charge is 0.528 e. The Kier molecular flexibility index (Phi) is 5.77. The molecular formula is C12H15NO6. The lowest BCUT2D eigenvalue weighted by atomic mass is 10.2. The molecule has 0 aliphatic heterocycles. The zero-order valence-corrected chi connectivity index (χ0v) is 10.4. The Morgan fingerprint density at radius 2 is 1.95 bits per heavy atom. The highest BCUT2D eigenvalue weighted by Crippen LogP contribution is 2.04. The van der Waals surface area contributed by atoms with Gasteiger partial charge in [-0.25, -0.2) is 4.79 Å². The number of aliphatic hydroxyl groups is 1. The Balaban J connectivity index is 2.40. The van der Waals surface area contributed by atoms with E-state index in [0.717, 1.165) is 10.6 Å². The molecule has 0 bridgehead atoms. The van der Waals surface area contributed by atoms with E-state index >= 15 is 0 Å². The van der Waals surface area contributed by atoms with Crippen LogP contribution in [-0.4, -0.2) is 47.1 Å². The van der Waals surface area contributed by atoms with Crippen molar-refractivity contribution in [1.82, 2.24) is 5.06 Å². The van der Waals surface area contributed by atoms with Crippen molar-refractivity contribution >= 4 is 12.1 Å². The number of carbonyl (C=O) groups excluding carboxylic acids is 1. The van der Waals surface area contributed by atoms with Crippen LogP contribution < -0.4 is 0 Å². The minimum Gasteiger partial charge on any atom is -0.480 e. The van der Waals surface area contributed by atoms with Crippen molar-refractivity contribution in [3.05, 3.63) is 35.9 Å². The van der Waals surface area contributed by atoms with Crippen molar-refractivity contribution in [2.24, 2.45) is 0 Å². The number of aliphatic carboxylic acids is 1. The fraction of sp³-hybridized carbons (Fsp3) is 0.333. The Labute approximate surface area is 109 Å². The zero-order chi connectivity index (χ0) is 14.3. The number of hydrogen-bond donors (Lipinski definition) is 2. The summed E-state index contributed by atoms with van der Waals surface area (Å²) in [6.07, 6.45) is -1.04. The average Bonchev–Trinajstić information content (AvgIpc) is 2.38. The molecule has 1 atom stereocenters. The van der Waals surface area contributed by atoms with Crippen molar-refractivity contribution in [3.8, 4) is 0 Å². The fourth-order valence-corrected chi connectivity index (χ4v) is 1.27. The monoisotopic (exact) mass is 269 g/mol. The van der Waals surface area contributed by atoms with Gasteiger partial charge in [-0.1, -0.05) is 30.3 Å². The molecule has 1 aromatic carbocycles. The van der Waals surface area contributed by atoms with Gasteiger partial charge in [0.2, 0.25) is 0 Å². The Hall–Kier alpha value is -2.12. The Morgan fingerprint density at radius 3 is 2.47 bits per heavy atom. The van der Waals surface area contributed by atoms with E-state index in [1.807, 2.05) is 6.07 Å². The summed E-state index contributed by atoms with van der Waals surface area (Å²) in [5.74, 6) is -1.30. The van der Waals surface area contributed by atoms with E-state index in [4.69, 9.17) is 14.9 Å². The predicted octanol–water partition coefficient (Wildman–Crippen LogP) is 0.632. The van der Waals surface area contributed by atoms with Gasteiger partial charge in [-0.15, -0.1) is 5.06 Å². The number of hydroxylamine groups is 2. The predicted molar refractivity (Wildman–Crippen MR) is 64.0 cm³/mol. The van der Waals surface area contributed by atoms with Gasteiger partial charge < -0.3 is 19.8 Å². The SMILES string of the molecule is CN(OC(=O)OCc1ccccc1)[C@@H](CO)C(=O)O. The third-order valence-electron chi connectivity index (χ3n) is 2.31. The molecule has 2 N–H and O–H groups in total. The van der Waals surface area contributed by atoms with Crippen molar-refractivity contribution in [2.45, 2.75) is 12.6 Å². The maximum absolute atomic E-state index is 11.3. The standard InChI is InChI=1S/C12H15NO6/c1-13(10(7-14)11(15)16)19-12(17)18-8-9-5-3-2-4-6-9/h2-6,10,14H,7-8H2,1H3,(H,15,16)/t10-/m0/s1. The van der Waals surface area contributed by atoms with E-state index in [1.54, 1.807) is 24.3 Å². The molecule has 0 spiro atoms. The van der Waals surface area contributed by atoms with Crippen LogP contribution in [0.15, 0.2) is 30.3 Å². The van der Waals surface area contributed by atoms with Crippen LogP contribution in [0.1, 0.15) is 5.56 Å². The van der Waals surface area contributed by atoms with E-state index in [9.17, 15) is 9.59 Å². The molecule has 0 fully saturated rings. The summed E-state index contributed by atoms with van der Waals surface area (Å²) < 4.78 is 4.80. The molecule has 104 valence electrons. The smallest absolute Gasteiger partial charge is 0.480 e. The minimum absolute atomic E-state index is 0.0182. The van der Waals surface area contributed by atoms with E-state index in [2.05, 4.69) is 4.84 Å². The molecule has 7 heteroatoms. The third kappa shape index (κ3) is 4.94. The first-order chi connectivity index (χ1) is 9.04. The van der Waals surface area contributed by atoms with Gasteiger partial charge in [-0.2, -0.15) is 0 Å². The maximum Gasteiger partial charge on any atom is 0.528 e. The van der Waals surface area contributed by atoms with Gasteiger partial charge in [-0.3, -0.25) is 4.79 Å². The lowest BCUT2D eigenvalue weighted by Gasteiger charge is -2.20. The number of carboxylic acids is 1. The van der Waals surface area contributed by atoms with Crippen LogP contribution in [0.25, 0.3) is 0 Å². The molecule has 0 saturated carbocycles. The molecule has 0 aliphatic rings. The second-order valence-corrected chi connectivity index (χ2v) is 3.70. The molecule has 1 rings (SSSR count). The Bertz CT molecular complexity index is 421. The molecule has 19 heavy (non-hydrogen) atoms. The van der Waals surface area contributed by atoms with Gasteiger partial charge >= 0.3 is 12.1 Å². The molecule has 0 radical (unpaired) electrons. The number of carboxylic acid groups (broad SMARTS) is 1. The van der Waals surface area contributed by atoms with Crippen LogP contribution in [0.2, 0.25) is 0 Å². The van der Waals surface area contributed by atoms with Crippen LogP contribution in [0.3, 0.4) is 0 Å². The number of hydrogen-bond acceptors (Lipinski definition) is 6. The van der Waals surface area contributed by atoms with Crippen LogP contribution in [-0.2, 0) is 21.0 Å². The summed E-state index contributed by atoms with van der Waals surface area (Å²) in [4.78, 5) is 26.6. The number of aliphatic hydroxyl groups excluding tert-OH is 1. The summed E-state index contributed by atoms with van der Waals surface area (Å²) in [6.45, 7) is -0.665. The van der Waals surface area contributed by atoms with E-state index in [0.29, 0.717) is 0 Å². The number of carbonyl (C=O) groups is 2. The number of rotatable bonds is 6. The number of ether oxygens (including phenoxy) is 1. The van der Waals surface area contributed by atoms with Crippen LogP contribution in [0.4, 0.5) is 4.79 Å². The van der Waals surface area contributed by atoms with E-state index in [-0.39, 0.29) is 6.61 Å². The average molecular weight is 269 g/mol. The molecule has 0 aliphatic carbocycles. The van der Waals surface area contributed by atoms with Gasteiger partial charge in [0.05, 0.1) is 6.61 Å². The van der Waals surface area contributed by atoms with Crippen molar-refractivity contribution < 1.29 is 29.4 Å². The number of nitrogens with zero attached hydrogens (tertiary/aromatic N) is 1. The van der Waals surface area contributed by atoms with Crippen molar-refractivity contribution in [3.63, 3.8) is 0 Å². The summed E-state index contributed by atoms with van der Waals surface area (Å²) in [5.41, 5.74) is 0.777. The lowest BCUT2D eigenvalue weighted by molar-refractivity contribution is -0.174. The summed E-state index contributed by atoms with van der Waals surface area (Å²) in [5, 5.41) is 18.3. The molecule has 1 aromatic rings. The molecule has 7 nitrogen and oxygen atoms in total. The third-order valence-corrected chi connectivity index (χ3v) is 2.31. The van der Waals surface area contributed by atoms with Gasteiger partial charge in [0.15, 0.2) is 6.04 Å². The molecular weight excluding hydrogens is 254 g/mol. The quantitative estimate of drug-likeness (QED) is 0.577. The highest BCUT2D eigenvalue weighted by molar-refractivity contribution is 5.73. The van der Waals surface area contributed by atoms with Crippen molar-refractivity contribution in [1.29, 1.82) is 0 Å².